The Morgan fingerprint density at radius 1 is 1.67 bits per heavy atom. The van der Waals surface area contributed by atoms with Gasteiger partial charge in [0.15, 0.2) is 0 Å². The van der Waals surface area contributed by atoms with Gasteiger partial charge in [-0.25, -0.2) is 0 Å². The van der Waals surface area contributed by atoms with Crippen LogP contribution in [0.5, 0.6) is 0 Å². The van der Waals surface area contributed by atoms with Gasteiger partial charge >= 0.3 is 0 Å². The Bertz CT molecular complexity index is 73.5. The maximum absolute atomic E-state index is 5.39. The molecule has 0 spiro atoms. The first kappa shape index (κ1) is 7.51. The highest BCUT2D eigenvalue weighted by Gasteiger charge is 2.12. The Kier molecular flexibility index (Phi) is 3.55. The summed E-state index contributed by atoms with van der Waals surface area (Å²) in [7, 11) is 0. The van der Waals surface area contributed by atoms with E-state index in [-0.39, 0.29) is 0 Å². The minimum atomic E-state index is 0.336. The predicted molar refractivity (Wildman–Crippen MR) is 40.8 cm³/mol. The first-order chi connectivity index (χ1) is 4.43. The predicted octanol–water partition coefficient (Wildman–Crippen LogP) is 1.11. The number of rotatable bonds is 3. The summed E-state index contributed by atoms with van der Waals surface area (Å²) in [5, 5.41) is 4.18. The molecule has 1 N–H and O–H groups in total. The molecule has 0 aromatic rings. The second-order valence-corrected chi connectivity index (χ2v) is 2.94. The van der Waals surface area contributed by atoms with Crippen LogP contribution in [0.25, 0.3) is 0 Å². The second-order valence-electron chi connectivity index (χ2n) is 2.14. The molecule has 0 aliphatic carbocycles. The van der Waals surface area contributed by atoms with E-state index < -0.39 is 0 Å². The van der Waals surface area contributed by atoms with Crippen LogP contribution in [0.2, 0.25) is 0 Å². The number of ether oxygens (including phenoxy) is 1. The summed E-state index contributed by atoms with van der Waals surface area (Å²) in [4.78, 5) is 0. The molecule has 2 nitrogen and oxygen atoms in total. The third-order valence-corrected chi connectivity index (χ3v) is 1.74. The van der Waals surface area contributed by atoms with Crippen molar-refractivity contribution in [2.45, 2.75) is 19.1 Å². The molecular weight excluding hydrogens is 182 g/mol. The Labute approximate surface area is 64.1 Å². The smallest absolute Gasteiger partial charge is 0.108 e. The highest BCUT2D eigenvalue weighted by Crippen LogP contribution is 2.05. The van der Waals surface area contributed by atoms with Crippen LogP contribution >= 0.6 is 15.9 Å². The second kappa shape index (κ2) is 4.25. The van der Waals surface area contributed by atoms with Crippen molar-refractivity contribution in [1.82, 2.24) is 5.32 Å². The Morgan fingerprint density at radius 3 is 3.11 bits per heavy atom. The summed E-state index contributed by atoms with van der Waals surface area (Å²) >= 11 is 3.30. The summed E-state index contributed by atoms with van der Waals surface area (Å²) in [5.74, 6) is 0. The minimum absolute atomic E-state index is 0.336. The molecule has 0 bridgehead atoms. The van der Waals surface area contributed by atoms with Crippen LogP contribution in [-0.2, 0) is 4.74 Å². The summed E-state index contributed by atoms with van der Waals surface area (Å²) in [6, 6.07) is 0. The Balaban J connectivity index is 1.98. The van der Waals surface area contributed by atoms with Crippen LogP contribution in [0, 0.1) is 0 Å². The number of alkyl halides is 1. The van der Waals surface area contributed by atoms with E-state index in [1.54, 1.807) is 0 Å². The zero-order valence-electron chi connectivity index (χ0n) is 5.40. The number of hydrogen-bond donors (Lipinski definition) is 1. The van der Waals surface area contributed by atoms with Crippen molar-refractivity contribution in [3.05, 3.63) is 0 Å². The van der Waals surface area contributed by atoms with Crippen LogP contribution in [0.15, 0.2) is 0 Å². The Morgan fingerprint density at radius 2 is 2.56 bits per heavy atom. The number of hydrogen-bond acceptors (Lipinski definition) is 2. The van der Waals surface area contributed by atoms with Crippen LogP contribution in [0.4, 0.5) is 0 Å². The van der Waals surface area contributed by atoms with E-state index in [0.29, 0.717) is 6.23 Å². The maximum atomic E-state index is 5.39. The van der Waals surface area contributed by atoms with Gasteiger partial charge in [-0.1, -0.05) is 15.9 Å². The van der Waals surface area contributed by atoms with Crippen LogP contribution in [-0.4, -0.2) is 24.7 Å². The molecule has 0 aromatic heterocycles. The largest absolute Gasteiger partial charge is 0.363 e. The van der Waals surface area contributed by atoms with E-state index >= 15 is 0 Å². The number of halogens is 1. The fourth-order valence-electron chi connectivity index (χ4n) is 0.982. The van der Waals surface area contributed by atoms with Gasteiger partial charge in [-0.05, 0) is 19.4 Å². The van der Waals surface area contributed by atoms with E-state index in [2.05, 4.69) is 21.2 Å². The van der Waals surface area contributed by atoms with Crippen molar-refractivity contribution >= 4 is 15.9 Å². The summed E-state index contributed by atoms with van der Waals surface area (Å²) in [6.45, 7) is 1.94. The molecule has 1 aliphatic rings. The highest BCUT2D eigenvalue weighted by molar-refractivity contribution is 9.09. The van der Waals surface area contributed by atoms with Crippen LogP contribution in [0.3, 0.4) is 0 Å². The molecule has 0 aromatic carbocycles. The van der Waals surface area contributed by atoms with Gasteiger partial charge in [-0.15, -0.1) is 0 Å². The molecule has 1 aliphatic heterocycles. The van der Waals surface area contributed by atoms with E-state index in [9.17, 15) is 0 Å². The average Bonchev–Trinajstić information content (AvgIpc) is 2.34. The van der Waals surface area contributed by atoms with Crippen LogP contribution in [0.1, 0.15) is 12.8 Å². The summed E-state index contributed by atoms with van der Waals surface area (Å²) in [6.07, 6.45) is 2.77. The molecule has 1 rings (SSSR count). The zero-order valence-corrected chi connectivity index (χ0v) is 6.99. The fourth-order valence-corrected chi connectivity index (χ4v) is 1.17. The Hall–Kier alpha value is 0.400. The molecule has 3 heteroatoms. The van der Waals surface area contributed by atoms with Gasteiger partial charge < -0.3 is 4.74 Å². The van der Waals surface area contributed by atoms with E-state index in [1.165, 1.54) is 12.8 Å². The lowest BCUT2D eigenvalue weighted by atomic mass is 10.4. The van der Waals surface area contributed by atoms with Gasteiger partial charge in [0, 0.05) is 5.33 Å². The van der Waals surface area contributed by atoms with E-state index in [0.717, 1.165) is 18.5 Å². The standard InChI is InChI=1S/C6H12BrNO/c7-3-5-9-6-2-1-4-8-6/h6,8H,1-5H2. The molecule has 1 heterocycles. The van der Waals surface area contributed by atoms with E-state index in [4.69, 9.17) is 4.74 Å². The van der Waals surface area contributed by atoms with Crippen LogP contribution < -0.4 is 5.32 Å². The third kappa shape index (κ3) is 2.65. The van der Waals surface area contributed by atoms with Crippen molar-refractivity contribution < 1.29 is 4.74 Å². The van der Waals surface area contributed by atoms with E-state index in [1.807, 2.05) is 0 Å². The van der Waals surface area contributed by atoms with Gasteiger partial charge in [0.25, 0.3) is 0 Å². The number of nitrogens with one attached hydrogen (secondary N) is 1. The molecule has 1 saturated heterocycles. The zero-order chi connectivity index (χ0) is 6.53. The topological polar surface area (TPSA) is 21.3 Å². The van der Waals surface area contributed by atoms with Gasteiger partial charge in [0.05, 0.1) is 6.61 Å². The molecule has 0 saturated carbocycles. The fraction of sp³-hybridized carbons (Fsp3) is 1.00. The molecule has 1 atom stereocenters. The molecule has 9 heavy (non-hydrogen) atoms. The summed E-state index contributed by atoms with van der Waals surface area (Å²) < 4.78 is 5.39. The lowest BCUT2D eigenvalue weighted by Crippen LogP contribution is -2.25. The SMILES string of the molecule is BrCCOC1CCCN1. The lowest BCUT2D eigenvalue weighted by Gasteiger charge is -2.09. The van der Waals surface area contributed by atoms with Gasteiger partial charge in [0.2, 0.25) is 0 Å². The lowest BCUT2D eigenvalue weighted by molar-refractivity contribution is 0.0552. The van der Waals surface area contributed by atoms with Gasteiger partial charge in [-0.2, -0.15) is 0 Å². The molecule has 0 radical (unpaired) electrons. The maximum Gasteiger partial charge on any atom is 0.108 e. The van der Waals surface area contributed by atoms with Crippen molar-refractivity contribution in [1.29, 1.82) is 0 Å². The quantitative estimate of drug-likeness (QED) is 0.679. The summed E-state index contributed by atoms with van der Waals surface area (Å²) in [5.41, 5.74) is 0. The molecule has 54 valence electrons. The molecule has 1 unspecified atom stereocenters. The van der Waals surface area contributed by atoms with Crippen molar-refractivity contribution in [3.8, 4) is 0 Å². The highest BCUT2D eigenvalue weighted by atomic mass is 79.9. The van der Waals surface area contributed by atoms with Crippen molar-refractivity contribution in [2.75, 3.05) is 18.5 Å². The normalized spacial score (nSPS) is 27.0. The molecular formula is C6H12BrNO. The third-order valence-electron chi connectivity index (χ3n) is 1.41. The van der Waals surface area contributed by atoms with Gasteiger partial charge in [-0.3, -0.25) is 5.32 Å². The van der Waals surface area contributed by atoms with Gasteiger partial charge in [0.1, 0.15) is 6.23 Å². The monoisotopic (exact) mass is 193 g/mol. The first-order valence-corrected chi connectivity index (χ1v) is 4.46. The van der Waals surface area contributed by atoms with Crippen molar-refractivity contribution in [3.63, 3.8) is 0 Å². The average molecular weight is 194 g/mol. The van der Waals surface area contributed by atoms with Crippen molar-refractivity contribution in [2.24, 2.45) is 0 Å². The first-order valence-electron chi connectivity index (χ1n) is 3.34. The molecule has 0 amide bonds. The molecule has 1 fully saturated rings. The minimum Gasteiger partial charge on any atom is -0.363 e.